The smallest absolute Gasteiger partial charge is 0.416 e. The molecule has 1 saturated heterocycles. The molecule has 0 radical (unpaired) electrons. The van der Waals surface area contributed by atoms with Crippen molar-refractivity contribution < 1.29 is 14.3 Å². The standard InChI is InChI=1S/C16H25NO3S/c1-2-3-10-21-16-7-5-4-6-12(16)11-13(16)14(18)17-8-9-20-15(17)19/h12-13H,2-11H2,1H3. The fraction of sp³-hybridized carbons (Fsp3) is 0.875. The summed E-state index contributed by atoms with van der Waals surface area (Å²) in [5, 5.41) is 0. The number of hydrogen-bond donors (Lipinski definition) is 0. The molecule has 0 spiro atoms. The van der Waals surface area contributed by atoms with Crippen LogP contribution in [0.4, 0.5) is 4.79 Å². The SMILES string of the molecule is CCCCSC12CCCCC1CC2C(=O)N1CCOC1=O. The Labute approximate surface area is 131 Å². The van der Waals surface area contributed by atoms with E-state index in [9.17, 15) is 9.59 Å². The lowest BCUT2D eigenvalue weighted by Crippen LogP contribution is -2.60. The molecule has 3 aliphatic rings. The quantitative estimate of drug-likeness (QED) is 0.730. The highest BCUT2D eigenvalue weighted by molar-refractivity contribution is 8.00. The first-order chi connectivity index (χ1) is 10.2. The molecule has 21 heavy (non-hydrogen) atoms. The van der Waals surface area contributed by atoms with Gasteiger partial charge in [-0.05, 0) is 37.4 Å². The molecule has 3 atom stereocenters. The van der Waals surface area contributed by atoms with Gasteiger partial charge in [0.05, 0.1) is 12.5 Å². The molecule has 0 aromatic rings. The number of cyclic esters (lactones) is 1. The van der Waals surface area contributed by atoms with Crippen LogP contribution in [0.25, 0.3) is 0 Å². The third-order valence-corrected chi connectivity index (χ3v) is 7.22. The second kappa shape index (κ2) is 6.19. The highest BCUT2D eigenvalue weighted by Crippen LogP contribution is 2.61. The predicted molar refractivity (Wildman–Crippen MR) is 83.2 cm³/mol. The number of hydrogen-bond acceptors (Lipinski definition) is 4. The van der Waals surface area contributed by atoms with E-state index in [2.05, 4.69) is 6.92 Å². The number of nitrogens with zero attached hydrogens (tertiary/aromatic N) is 1. The van der Waals surface area contributed by atoms with Crippen molar-refractivity contribution >= 4 is 23.8 Å². The highest BCUT2D eigenvalue weighted by Gasteiger charge is 2.60. The van der Waals surface area contributed by atoms with Crippen molar-refractivity contribution in [2.24, 2.45) is 11.8 Å². The number of thioether (sulfide) groups is 1. The van der Waals surface area contributed by atoms with Crippen LogP contribution < -0.4 is 0 Å². The largest absolute Gasteiger partial charge is 0.447 e. The summed E-state index contributed by atoms with van der Waals surface area (Å²) in [6, 6.07) is 0. The molecular formula is C16H25NO3S. The van der Waals surface area contributed by atoms with Gasteiger partial charge in [0.25, 0.3) is 0 Å². The lowest BCUT2D eigenvalue weighted by molar-refractivity contribution is -0.140. The molecular weight excluding hydrogens is 286 g/mol. The average Bonchev–Trinajstić information content (AvgIpc) is 2.88. The zero-order valence-electron chi connectivity index (χ0n) is 12.8. The van der Waals surface area contributed by atoms with Gasteiger partial charge >= 0.3 is 6.09 Å². The number of rotatable bonds is 5. The van der Waals surface area contributed by atoms with Crippen LogP contribution in [0.5, 0.6) is 0 Å². The van der Waals surface area contributed by atoms with E-state index < -0.39 is 6.09 Å². The molecule has 1 heterocycles. The second-order valence-electron chi connectivity index (χ2n) is 6.49. The molecule has 2 saturated carbocycles. The van der Waals surface area contributed by atoms with E-state index in [-0.39, 0.29) is 16.6 Å². The molecule has 0 bridgehead atoms. The Bertz CT molecular complexity index is 428. The van der Waals surface area contributed by atoms with Crippen molar-refractivity contribution in [3.63, 3.8) is 0 Å². The highest BCUT2D eigenvalue weighted by atomic mass is 32.2. The third kappa shape index (κ3) is 2.58. The first kappa shape index (κ1) is 15.2. The summed E-state index contributed by atoms with van der Waals surface area (Å²) in [6.07, 6.45) is 7.88. The third-order valence-electron chi connectivity index (χ3n) is 5.36. The number of carbonyl (C=O) groups is 2. The summed E-state index contributed by atoms with van der Waals surface area (Å²) in [4.78, 5) is 25.7. The van der Waals surface area contributed by atoms with Crippen molar-refractivity contribution in [2.75, 3.05) is 18.9 Å². The molecule has 3 unspecified atom stereocenters. The van der Waals surface area contributed by atoms with Crippen molar-refractivity contribution in [3.8, 4) is 0 Å². The van der Waals surface area contributed by atoms with Gasteiger partial charge in [0.1, 0.15) is 6.61 Å². The fourth-order valence-electron chi connectivity index (χ4n) is 4.13. The van der Waals surface area contributed by atoms with Crippen LogP contribution in [0, 0.1) is 11.8 Å². The minimum atomic E-state index is -0.437. The van der Waals surface area contributed by atoms with Gasteiger partial charge < -0.3 is 4.74 Å². The Morgan fingerprint density at radius 3 is 3.00 bits per heavy atom. The van der Waals surface area contributed by atoms with Gasteiger partial charge in [-0.2, -0.15) is 11.8 Å². The summed E-state index contributed by atoms with van der Waals surface area (Å²) in [7, 11) is 0. The Morgan fingerprint density at radius 2 is 2.33 bits per heavy atom. The van der Waals surface area contributed by atoms with Crippen LogP contribution in [-0.4, -0.2) is 40.6 Å². The molecule has 2 amide bonds. The maximum Gasteiger partial charge on any atom is 0.416 e. The van der Waals surface area contributed by atoms with Gasteiger partial charge in [-0.3, -0.25) is 4.79 Å². The average molecular weight is 311 g/mol. The minimum absolute atomic E-state index is 0.0275. The lowest BCUT2D eigenvalue weighted by Gasteiger charge is -2.58. The number of amides is 2. The van der Waals surface area contributed by atoms with E-state index in [1.165, 1.54) is 37.0 Å². The summed E-state index contributed by atoms with van der Waals surface area (Å²) in [5.41, 5.74) is 0. The molecule has 0 aromatic heterocycles. The molecule has 4 nitrogen and oxygen atoms in total. The maximum absolute atomic E-state index is 12.7. The number of imide groups is 1. The molecule has 2 aliphatic carbocycles. The van der Waals surface area contributed by atoms with Crippen LogP contribution in [0.15, 0.2) is 0 Å². The Hall–Kier alpha value is -0.710. The monoisotopic (exact) mass is 311 g/mol. The Balaban J connectivity index is 1.71. The number of carbonyl (C=O) groups excluding carboxylic acids is 2. The van der Waals surface area contributed by atoms with E-state index in [0.29, 0.717) is 19.1 Å². The van der Waals surface area contributed by atoms with E-state index in [4.69, 9.17) is 4.74 Å². The molecule has 3 fully saturated rings. The first-order valence-electron chi connectivity index (χ1n) is 8.31. The summed E-state index contributed by atoms with van der Waals surface area (Å²) in [6.45, 7) is 3.01. The van der Waals surface area contributed by atoms with Crippen molar-refractivity contribution in [3.05, 3.63) is 0 Å². The topological polar surface area (TPSA) is 46.6 Å². The zero-order valence-corrected chi connectivity index (χ0v) is 13.6. The van der Waals surface area contributed by atoms with Gasteiger partial charge in [0.2, 0.25) is 5.91 Å². The summed E-state index contributed by atoms with van der Waals surface area (Å²) >= 11 is 2.02. The molecule has 5 heteroatoms. The second-order valence-corrected chi connectivity index (χ2v) is 7.95. The molecule has 1 aliphatic heterocycles. The fourth-order valence-corrected chi connectivity index (χ4v) is 6.08. The zero-order chi connectivity index (χ0) is 14.9. The normalized spacial score (nSPS) is 35.1. The Morgan fingerprint density at radius 1 is 1.48 bits per heavy atom. The van der Waals surface area contributed by atoms with Gasteiger partial charge in [0, 0.05) is 4.75 Å². The number of fused-ring (bicyclic) bond motifs is 1. The van der Waals surface area contributed by atoms with Crippen LogP contribution in [0.2, 0.25) is 0 Å². The van der Waals surface area contributed by atoms with Crippen LogP contribution >= 0.6 is 11.8 Å². The predicted octanol–water partition coefficient (Wildman–Crippen LogP) is 3.45. The van der Waals surface area contributed by atoms with E-state index >= 15 is 0 Å². The molecule has 0 N–H and O–H groups in total. The first-order valence-corrected chi connectivity index (χ1v) is 9.29. The maximum atomic E-state index is 12.7. The number of unbranched alkanes of at least 4 members (excludes halogenated alkanes) is 1. The van der Waals surface area contributed by atoms with Crippen LogP contribution in [0.1, 0.15) is 51.9 Å². The van der Waals surface area contributed by atoms with Gasteiger partial charge in [-0.1, -0.05) is 26.2 Å². The van der Waals surface area contributed by atoms with Crippen LogP contribution in [-0.2, 0) is 9.53 Å². The summed E-state index contributed by atoms with van der Waals surface area (Å²) in [5.74, 6) is 1.89. The van der Waals surface area contributed by atoms with Crippen LogP contribution in [0.3, 0.4) is 0 Å². The van der Waals surface area contributed by atoms with Gasteiger partial charge in [-0.15, -0.1) is 0 Å². The van der Waals surface area contributed by atoms with Crippen molar-refractivity contribution in [2.45, 2.75) is 56.6 Å². The minimum Gasteiger partial charge on any atom is -0.447 e. The van der Waals surface area contributed by atoms with E-state index in [1.54, 1.807) is 0 Å². The van der Waals surface area contributed by atoms with Crippen molar-refractivity contribution in [1.29, 1.82) is 0 Å². The van der Waals surface area contributed by atoms with Gasteiger partial charge in [0.15, 0.2) is 0 Å². The molecule has 118 valence electrons. The Kier molecular flexibility index (Phi) is 4.48. The molecule has 3 rings (SSSR count). The number of ether oxygens (including phenoxy) is 1. The van der Waals surface area contributed by atoms with Crippen molar-refractivity contribution in [1.82, 2.24) is 4.90 Å². The lowest BCUT2D eigenvalue weighted by atomic mass is 9.57. The molecule has 0 aromatic carbocycles. The summed E-state index contributed by atoms with van der Waals surface area (Å²) < 4.78 is 5.05. The van der Waals surface area contributed by atoms with E-state index in [1.807, 2.05) is 11.8 Å². The van der Waals surface area contributed by atoms with E-state index in [0.717, 1.165) is 18.6 Å². The van der Waals surface area contributed by atoms with Gasteiger partial charge in [-0.25, -0.2) is 9.69 Å².